The third-order valence-electron chi connectivity index (χ3n) is 2.28. The molecule has 1 aromatic rings. The Balaban J connectivity index is 3.56. The third kappa shape index (κ3) is 1.94. The Bertz CT molecular complexity index is 415. The zero-order chi connectivity index (χ0) is 12.3. The first-order valence-electron chi connectivity index (χ1n) is 4.70. The van der Waals surface area contributed by atoms with Crippen LogP contribution in [-0.4, -0.2) is 20.0 Å². The van der Waals surface area contributed by atoms with Gasteiger partial charge < -0.3 is 14.3 Å². The van der Waals surface area contributed by atoms with E-state index >= 15 is 0 Å². The Morgan fingerprint density at radius 2 is 1.75 bits per heavy atom. The van der Waals surface area contributed by atoms with E-state index in [2.05, 4.69) is 0 Å². The van der Waals surface area contributed by atoms with E-state index in [0.717, 1.165) is 5.56 Å². The van der Waals surface area contributed by atoms with E-state index in [1.807, 2.05) is 6.92 Å². The predicted molar refractivity (Wildman–Crippen MR) is 59.1 cm³/mol. The molecule has 0 saturated heterocycles. The molecule has 88 valence electrons. The minimum absolute atomic E-state index is 0.149. The molecule has 0 unspecified atom stereocenters. The van der Waals surface area contributed by atoms with Crippen LogP contribution < -0.4 is 20.2 Å². The van der Waals surface area contributed by atoms with Crippen molar-refractivity contribution in [3.63, 3.8) is 0 Å². The van der Waals surface area contributed by atoms with Crippen LogP contribution in [0.4, 0.5) is 0 Å². The SMILES string of the molecule is COc1c(C)cc(C(C)=O)c(ON)c1OC. The van der Waals surface area contributed by atoms with Gasteiger partial charge >= 0.3 is 0 Å². The zero-order valence-electron chi connectivity index (χ0n) is 9.79. The molecule has 0 aliphatic heterocycles. The molecule has 0 bridgehead atoms. The quantitative estimate of drug-likeness (QED) is 0.620. The first kappa shape index (κ1) is 12.3. The minimum Gasteiger partial charge on any atom is -0.492 e. The highest BCUT2D eigenvalue weighted by molar-refractivity contribution is 5.98. The lowest BCUT2D eigenvalue weighted by atomic mass is 10.1. The lowest BCUT2D eigenvalue weighted by molar-refractivity contribution is 0.101. The van der Waals surface area contributed by atoms with E-state index in [4.69, 9.17) is 20.2 Å². The first-order chi connectivity index (χ1) is 7.56. The molecule has 0 aliphatic rings. The number of ether oxygens (including phenoxy) is 2. The lowest BCUT2D eigenvalue weighted by Gasteiger charge is -2.15. The summed E-state index contributed by atoms with van der Waals surface area (Å²) in [5.74, 6) is 6.03. The Hall–Kier alpha value is -1.75. The summed E-state index contributed by atoms with van der Waals surface area (Å²) < 4.78 is 10.3. The number of methoxy groups -OCH3 is 2. The van der Waals surface area contributed by atoms with Gasteiger partial charge in [0.2, 0.25) is 11.5 Å². The van der Waals surface area contributed by atoms with Crippen molar-refractivity contribution in [2.45, 2.75) is 13.8 Å². The van der Waals surface area contributed by atoms with E-state index in [1.54, 1.807) is 6.07 Å². The average molecular weight is 225 g/mol. The van der Waals surface area contributed by atoms with Crippen molar-refractivity contribution < 1.29 is 19.1 Å². The zero-order valence-corrected chi connectivity index (χ0v) is 9.79. The van der Waals surface area contributed by atoms with Crippen LogP contribution in [0.2, 0.25) is 0 Å². The third-order valence-corrected chi connectivity index (χ3v) is 2.28. The molecule has 0 spiro atoms. The van der Waals surface area contributed by atoms with Crippen molar-refractivity contribution in [1.29, 1.82) is 0 Å². The molecule has 1 aromatic carbocycles. The molecule has 0 atom stereocenters. The summed E-state index contributed by atoms with van der Waals surface area (Å²) in [4.78, 5) is 16.1. The van der Waals surface area contributed by atoms with Crippen molar-refractivity contribution in [1.82, 2.24) is 0 Å². The number of nitrogens with two attached hydrogens (primary N) is 1. The monoisotopic (exact) mass is 225 g/mol. The molecular weight excluding hydrogens is 210 g/mol. The Morgan fingerprint density at radius 3 is 2.12 bits per heavy atom. The van der Waals surface area contributed by atoms with Crippen molar-refractivity contribution in [3.05, 3.63) is 17.2 Å². The van der Waals surface area contributed by atoms with Gasteiger partial charge in [0, 0.05) is 0 Å². The minimum atomic E-state index is -0.149. The summed E-state index contributed by atoms with van der Waals surface area (Å²) in [6, 6.07) is 1.66. The number of carbonyl (C=O) groups is 1. The van der Waals surface area contributed by atoms with Gasteiger partial charge in [-0.15, -0.1) is 0 Å². The number of Topliss-reactive ketones (excluding diaryl/α,β-unsaturated/α-hetero) is 1. The Kier molecular flexibility index (Phi) is 3.73. The van der Waals surface area contributed by atoms with Crippen molar-refractivity contribution in [3.8, 4) is 17.2 Å². The van der Waals surface area contributed by atoms with Crippen LogP contribution >= 0.6 is 0 Å². The topological polar surface area (TPSA) is 70.8 Å². The number of ketones is 1. The summed E-state index contributed by atoms with van der Waals surface area (Å²) in [6.45, 7) is 3.25. The molecule has 2 N–H and O–H groups in total. The number of aryl methyl sites for hydroxylation is 1. The number of rotatable bonds is 4. The lowest BCUT2D eigenvalue weighted by Crippen LogP contribution is -2.10. The largest absolute Gasteiger partial charge is 0.492 e. The van der Waals surface area contributed by atoms with Gasteiger partial charge in [-0.25, -0.2) is 0 Å². The van der Waals surface area contributed by atoms with Crippen molar-refractivity contribution in [2.24, 2.45) is 5.90 Å². The highest BCUT2D eigenvalue weighted by Gasteiger charge is 2.21. The number of hydrogen-bond donors (Lipinski definition) is 1. The second-order valence-electron chi connectivity index (χ2n) is 3.31. The summed E-state index contributed by atoms with van der Waals surface area (Å²) >= 11 is 0. The van der Waals surface area contributed by atoms with E-state index in [9.17, 15) is 4.79 Å². The molecule has 5 heteroatoms. The van der Waals surface area contributed by atoms with Crippen LogP contribution in [0, 0.1) is 6.92 Å². The van der Waals surface area contributed by atoms with Crippen LogP contribution in [0.1, 0.15) is 22.8 Å². The van der Waals surface area contributed by atoms with Crippen LogP contribution in [0.3, 0.4) is 0 Å². The molecule has 0 aromatic heterocycles. The van der Waals surface area contributed by atoms with E-state index in [-0.39, 0.29) is 11.5 Å². The van der Waals surface area contributed by atoms with Gasteiger partial charge in [-0.3, -0.25) is 4.79 Å². The molecule has 1 rings (SSSR count). The van der Waals surface area contributed by atoms with Crippen LogP contribution in [0.25, 0.3) is 0 Å². The summed E-state index contributed by atoms with van der Waals surface area (Å²) in [6.07, 6.45) is 0. The fourth-order valence-corrected chi connectivity index (χ4v) is 1.57. The maximum Gasteiger partial charge on any atom is 0.206 e. The normalized spacial score (nSPS) is 9.81. The Labute approximate surface area is 94.1 Å². The van der Waals surface area contributed by atoms with Crippen molar-refractivity contribution >= 4 is 5.78 Å². The predicted octanol–water partition coefficient (Wildman–Crippen LogP) is 1.47. The van der Waals surface area contributed by atoms with Crippen LogP contribution in [0.15, 0.2) is 6.07 Å². The molecule has 0 fully saturated rings. The second kappa shape index (κ2) is 4.85. The van der Waals surface area contributed by atoms with Crippen molar-refractivity contribution in [2.75, 3.05) is 14.2 Å². The van der Waals surface area contributed by atoms with Gasteiger partial charge in [0.1, 0.15) is 0 Å². The standard InChI is InChI=1S/C11H15NO4/c1-6-5-8(7(2)13)10(16-12)11(15-4)9(6)14-3/h5H,12H2,1-4H3. The first-order valence-corrected chi connectivity index (χ1v) is 4.70. The maximum absolute atomic E-state index is 11.4. The van der Waals surface area contributed by atoms with Gasteiger partial charge in [-0.1, -0.05) is 0 Å². The summed E-state index contributed by atoms with van der Waals surface area (Å²) in [5.41, 5.74) is 1.16. The molecule has 0 amide bonds. The molecule has 0 heterocycles. The second-order valence-corrected chi connectivity index (χ2v) is 3.31. The number of hydrogen-bond acceptors (Lipinski definition) is 5. The van der Waals surface area contributed by atoms with E-state index in [1.165, 1.54) is 21.1 Å². The summed E-state index contributed by atoms with van der Waals surface area (Å²) in [5, 5.41) is 0. The maximum atomic E-state index is 11.4. The van der Waals surface area contributed by atoms with Gasteiger partial charge in [-0.2, -0.15) is 5.90 Å². The Morgan fingerprint density at radius 1 is 1.19 bits per heavy atom. The van der Waals surface area contributed by atoms with E-state index in [0.29, 0.717) is 17.1 Å². The number of benzene rings is 1. The number of carbonyl (C=O) groups excluding carboxylic acids is 1. The highest BCUT2D eigenvalue weighted by Crippen LogP contribution is 2.42. The fourth-order valence-electron chi connectivity index (χ4n) is 1.57. The average Bonchev–Trinajstić information content (AvgIpc) is 2.27. The molecule has 0 saturated carbocycles. The molecule has 16 heavy (non-hydrogen) atoms. The van der Waals surface area contributed by atoms with Gasteiger partial charge in [0.05, 0.1) is 19.8 Å². The fraction of sp³-hybridized carbons (Fsp3) is 0.364. The molecule has 0 radical (unpaired) electrons. The molecule has 0 aliphatic carbocycles. The van der Waals surface area contributed by atoms with Gasteiger partial charge in [0.25, 0.3) is 0 Å². The van der Waals surface area contributed by atoms with Crippen LogP contribution in [-0.2, 0) is 0 Å². The smallest absolute Gasteiger partial charge is 0.206 e. The molecule has 5 nitrogen and oxygen atoms in total. The van der Waals surface area contributed by atoms with Crippen LogP contribution in [0.5, 0.6) is 17.2 Å². The van der Waals surface area contributed by atoms with Gasteiger partial charge in [0.15, 0.2) is 11.5 Å². The van der Waals surface area contributed by atoms with E-state index < -0.39 is 0 Å². The van der Waals surface area contributed by atoms with Gasteiger partial charge in [-0.05, 0) is 25.5 Å². The summed E-state index contributed by atoms with van der Waals surface area (Å²) in [7, 11) is 2.97. The molecular formula is C11H15NO4. The highest BCUT2D eigenvalue weighted by atomic mass is 16.6.